The van der Waals surface area contributed by atoms with Crippen LogP contribution in [0.1, 0.15) is 11.1 Å². The first-order valence-corrected chi connectivity index (χ1v) is 11.2. The first-order valence-electron chi connectivity index (χ1n) is 9.54. The molecule has 0 fully saturated rings. The number of para-hydroxylation sites is 1. The number of aryl methyl sites for hydroxylation is 1. The third kappa shape index (κ3) is 5.25. The topological polar surface area (TPSA) is 71.4 Å². The van der Waals surface area contributed by atoms with Gasteiger partial charge in [0.2, 0.25) is 5.91 Å². The van der Waals surface area contributed by atoms with Crippen molar-refractivity contribution in [2.75, 3.05) is 27.2 Å². The molecule has 6 nitrogen and oxygen atoms in total. The van der Waals surface area contributed by atoms with E-state index in [-0.39, 0.29) is 23.1 Å². The van der Waals surface area contributed by atoms with Crippen LogP contribution in [0.25, 0.3) is 10.9 Å². The molecule has 1 amide bonds. The van der Waals surface area contributed by atoms with Crippen LogP contribution in [0.3, 0.4) is 0 Å². The van der Waals surface area contributed by atoms with E-state index in [9.17, 15) is 13.2 Å². The van der Waals surface area contributed by atoms with E-state index >= 15 is 0 Å². The molecule has 0 saturated heterocycles. The van der Waals surface area contributed by atoms with Gasteiger partial charge in [0.15, 0.2) is 9.84 Å². The maximum absolute atomic E-state index is 13.1. The van der Waals surface area contributed by atoms with Gasteiger partial charge in [0.25, 0.3) is 0 Å². The molecule has 3 rings (SSSR count). The summed E-state index contributed by atoms with van der Waals surface area (Å²) in [5.74, 6) is -0.217. The Hall–Kier alpha value is -2.64. The van der Waals surface area contributed by atoms with Crippen molar-refractivity contribution in [3.8, 4) is 0 Å². The average molecular weight is 414 g/mol. The highest BCUT2D eigenvalue weighted by atomic mass is 32.2. The van der Waals surface area contributed by atoms with E-state index in [4.69, 9.17) is 0 Å². The van der Waals surface area contributed by atoms with Crippen LogP contribution in [0.2, 0.25) is 0 Å². The SMILES string of the molecule is Cc1ccc(CS(=O)(=O)c2cn(CC(=O)NCCN(C)C)c3ccccc23)cc1. The molecular weight excluding hydrogens is 386 g/mol. The number of carbonyl (C=O) groups excluding carboxylic acids is 1. The van der Waals surface area contributed by atoms with Crippen molar-refractivity contribution >= 4 is 26.6 Å². The van der Waals surface area contributed by atoms with Crippen LogP contribution >= 0.6 is 0 Å². The quantitative estimate of drug-likeness (QED) is 0.616. The molecule has 2 aromatic carbocycles. The lowest BCUT2D eigenvalue weighted by atomic mass is 10.2. The van der Waals surface area contributed by atoms with Crippen molar-refractivity contribution in [3.63, 3.8) is 0 Å². The number of likely N-dealkylation sites (N-methyl/N-ethyl adjacent to an activating group) is 1. The smallest absolute Gasteiger partial charge is 0.239 e. The number of rotatable bonds is 8. The third-order valence-corrected chi connectivity index (χ3v) is 6.47. The number of carbonyl (C=O) groups is 1. The maximum atomic E-state index is 13.1. The Labute approximate surface area is 172 Å². The molecule has 0 spiro atoms. The number of hydrogen-bond acceptors (Lipinski definition) is 4. The summed E-state index contributed by atoms with van der Waals surface area (Å²) in [4.78, 5) is 14.6. The highest BCUT2D eigenvalue weighted by Crippen LogP contribution is 2.28. The summed E-state index contributed by atoms with van der Waals surface area (Å²) >= 11 is 0. The second-order valence-electron chi connectivity index (χ2n) is 7.54. The number of hydrogen-bond donors (Lipinski definition) is 1. The molecule has 0 aliphatic heterocycles. The van der Waals surface area contributed by atoms with Gasteiger partial charge in [-0.25, -0.2) is 8.42 Å². The first-order chi connectivity index (χ1) is 13.8. The molecule has 0 unspecified atom stereocenters. The zero-order valence-electron chi connectivity index (χ0n) is 17.1. The lowest BCUT2D eigenvalue weighted by Crippen LogP contribution is -2.33. The van der Waals surface area contributed by atoms with Crippen LogP contribution in [-0.2, 0) is 26.9 Å². The van der Waals surface area contributed by atoms with Crippen molar-refractivity contribution in [1.29, 1.82) is 0 Å². The summed E-state index contributed by atoms with van der Waals surface area (Å²) in [6, 6.07) is 14.8. The van der Waals surface area contributed by atoms with Crippen molar-refractivity contribution in [3.05, 3.63) is 65.9 Å². The van der Waals surface area contributed by atoms with Crippen LogP contribution in [0, 0.1) is 6.92 Å². The van der Waals surface area contributed by atoms with Crippen LogP contribution in [0.4, 0.5) is 0 Å². The minimum absolute atomic E-state index is 0.0731. The van der Waals surface area contributed by atoms with Gasteiger partial charge in [-0.3, -0.25) is 4.79 Å². The van der Waals surface area contributed by atoms with E-state index in [2.05, 4.69) is 5.32 Å². The molecule has 3 aromatic rings. The minimum Gasteiger partial charge on any atom is -0.353 e. The predicted molar refractivity (Wildman–Crippen MR) is 116 cm³/mol. The molecular formula is C22H27N3O3S. The Morgan fingerprint density at radius 3 is 2.45 bits per heavy atom. The Kier molecular flexibility index (Phi) is 6.39. The van der Waals surface area contributed by atoms with Crippen molar-refractivity contribution in [2.45, 2.75) is 24.1 Å². The van der Waals surface area contributed by atoms with Gasteiger partial charge in [-0.15, -0.1) is 0 Å². The number of nitrogens with one attached hydrogen (secondary N) is 1. The Morgan fingerprint density at radius 2 is 1.76 bits per heavy atom. The second-order valence-corrected chi connectivity index (χ2v) is 9.49. The average Bonchev–Trinajstić information content (AvgIpc) is 3.03. The van der Waals surface area contributed by atoms with Gasteiger partial charge in [-0.1, -0.05) is 48.0 Å². The standard InChI is InChI=1S/C22H27N3O3S/c1-17-8-10-18(11-9-17)16-29(27,28)21-14-25(20-7-5-4-6-19(20)21)15-22(26)23-12-13-24(2)3/h4-11,14H,12-13,15-16H2,1-3H3,(H,23,26). The van der Waals surface area contributed by atoms with Crippen LogP contribution in [0.15, 0.2) is 59.6 Å². The fourth-order valence-corrected chi connectivity index (χ4v) is 4.79. The highest BCUT2D eigenvalue weighted by molar-refractivity contribution is 7.90. The van der Waals surface area contributed by atoms with E-state index < -0.39 is 9.84 Å². The Balaban J connectivity index is 1.87. The molecule has 0 aliphatic carbocycles. The van der Waals surface area contributed by atoms with Gasteiger partial charge in [0.05, 0.1) is 10.6 Å². The van der Waals surface area contributed by atoms with Crippen LogP contribution < -0.4 is 5.32 Å². The molecule has 0 aliphatic rings. The van der Waals surface area contributed by atoms with Crippen molar-refractivity contribution < 1.29 is 13.2 Å². The van der Waals surface area contributed by atoms with E-state index in [0.717, 1.165) is 23.2 Å². The van der Waals surface area contributed by atoms with E-state index in [1.807, 2.05) is 68.4 Å². The molecule has 0 radical (unpaired) electrons. The number of benzene rings is 2. The lowest BCUT2D eigenvalue weighted by Gasteiger charge is -2.11. The summed E-state index contributed by atoms with van der Waals surface area (Å²) < 4.78 is 28.0. The first kappa shape index (κ1) is 21.1. The number of sulfone groups is 1. The third-order valence-electron chi connectivity index (χ3n) is 4.76. The normalized spacial score (nSPS) is 11.9. The molecule has 154 valence electrons. The lowest BCUT2D eigenvalue weighted by molar-refractivity contribution is -0.121. The maximum Gasteiger partial charge on any atom is 0.239 e. The zero-order valence-corrected chi connectivity index (χ0v) is 17.9. The van der Waals surface area contributed by atoms with Gasteiger partial charge in [0.1, 0.15) is 6.54 Å². The fraction of sp³-hybridized carbons (Fsp3) is 0.318. The molecule has 7 heteroatoms. The second kappa shape index (κ2) is 8.80. The predicted octanol–water partition coefficient (Wildman–Crippen LogP) is 2.60. The van der Waals surface area contributed by atoms with Gasteiger partial charge in [0, 0.05) is 30.2 Å². The molecule has 1 N–H and O–H groups in total. The van der Waals surface area contributed by atoms with E-state index in [0.29, 0.717) is 11.9 Å². The van der Waals surface area contributed by atoms with Crippen LogP contribution in [-0.4, -0.2) is 51.0 Å². The Morgan fingerprint density at radius 1 is 1.07 bits per heavy atom. The van der Waals surface area contributed by atoms with Gasteiger partial charge in [-0.2, -0.15) is 0 Å². The van der Waals surface area contributed by atoms with Gasteiger partial charge < -0.3 is 14.8 Å². The molecule has 0 saturated carbocycles. The minimum atomic E-state index is -3.56. The van der Waals surface area contributed by atoms with Crippen LogP contribution in [0.5, 0.6) is 0 Å². The fourth-order valence-electron chi connectivity index (χ4n) is 3.20. The number of aromatic nitrogens is 1. The summed E-state index contributed by atoms with van der Waals surface area (Å²) in [6.07, 6.45) is 1.58. The summed E-state index contributed by atoms with van der Waals surface area (Å²) in [5.41, 5.74) is 2.56. The summed E-state index contributed by atoms with van der Waals surface area (Å²) in [6.45, 7) is 3.33. The van der Waals surface area contributed by atoms with Crippen molar-refractivity contribution in [2.24, 2.45) is 0 Å². The summed E-state index contributed by atoms with van der Waals surface area (Å²) in [5, 5.41) is 3.51. The molecule has 0 bridgehead atoms. The highest BCUT2D eigenvalue weighted by Gasteiger charge is 2.22. The largest absolute Gasteiger partial charge is 0.353 e. The van der Waals surface area contributed by atoms with Crippen molar-refractivity contribution in [1.82, 2.24) is 14.8 Å². The number of amides is 1. The Bertz CT molecular complexity index is 1100. The van der Waals surface area contributed by atoms with Gasteiger partial charge in [-0.05, 0) is 32.6 Å². The summed E-state index contributed by atoms with van der Waals surface area (Å²) in [7, 11) is 0.327. The van der Waals surface area contributed by atoms with E-state index in [1.54, 1.807) is 16.8 Å². The van der Waals surface area contributed by atoms with E-state index in [1.165, 1.54) is 0 Å². The zero-order chi connectivity index (χ0) is 21.0. The molecule has 29 heavy (non-hydrogen) atoms. The van der Waals surface area contributed by atoms with Gasteiger partial charge >= 0.3 is 0 Å². The number of nitrogens with zero attached hydrogens (tertiary/aromatic N) is 2. The molecule has 1 aromatic heterocycles. The number of fused-ring (bicyclic) bond motifs is 1. The molecule has 1 heterocycles. The monoisotopic (exact) mass is 413 g/mol. The molecule has 0 atom stereocenters.